The number of hydrogen-bond donors (Lipinski definition) is 0. The number of likely N-dealkylation sites (tertiary alicyclic amines) is 1. The van der Waals surface area contributed by atoms with E-state index in [9.17, 15) is 4.79 Å². The summed E-state index contributed by atoms with van der Waals surface area (Å²) in [7, 11) is 0. The first kappa shape index (κ1) is 14.6. The van der Waals surface area contributed by atoms with Crippen molar-refractivity contribution in [3.63, 3.8) is 0 Å². The number of aromatic nitrogens is 2. The molecule has 1 saturated heterocycles. The van der Waals surface area contributed by atoms with Crippen LogP contribution in [0, 0.1) is 0 Å². The first-order valence-electron chi connectivity index (χ1n) is 7.13. The quantitative estimate of drug-likeness (QED) is 0.688. The number of ether oxygens (including phenoxy) is 1. The molecule has 4 rings (SSSR count). The highest BCUT2D eigenvalue weighted by molar-refractivity contribution is 9.10. The fraction of sp³-hybridized carbons (Fsp3) is 0.188. The highest BCUT2D eigenvalue weighted by atomic mass is 79.9. The van der Waals surface area contributed by atoms with Gasteiger partial charge in [0.15, 0.2) is 5.01 Å². The van der Waals surface area contributed by atoms with Crippen LogP contribution in [0.15, 0.2) is 47.1 Å². The second-order valence-corrected chi connectivity index (χ2v) is 7.11. The summed E-state index contributed by atoms with van der Waals surface area (Å²) in [5.41, 5.74) is 0.867. The lowest BCUT2D eigenvalue weighted by molar-refractivity contribution is 0.0157. The zero-order chi connectivity index (χ0) is 15.8. The van der Waals surface area contributed by atoms with Crippen LogP contribution in [-0.2, 0) is 0 Å². The Bertz CT molecular complexity index is 843. The Labute approximate surface area is 145 Å². The molecule has 0 atom stereocenters. The van der Waals surface area contributed by atoms with Gasteiger partial charge in [0.05, 0.1) is 27.8 Å². The van der Waals surface area contributed by atoms with Crippen LogP contribution in [-0.4, -0.2) is 40.0 Å². The van der Waals surface area contributed by atoms with Gasteiger partial charge >= 0.3 is 0 Å². The van der Waals surface area contributed by atoms with E-state index in [4.69, 9.17) is 4.74 Å². The van der Waals surface area contributed by atoms with Crippen molar-refractivity contribution in [1.82, 2.24) is 14.9 Å². The van der Waals surface area contributed by atoms with Crippen LogP contribution in [0.1, 0.15) is 9.80 Å². The molecule has 1 aliphatic heterocycles. The van der Waals surface area contributed by atoms with E-state index in [1.54, 1.807) is 11.1 Å². The summed E-state index contributed by atoms with van der Waals surface area (Å²) >= 11 is 4.83. The van der Waals surface area contributed by atoms with Crippen molar-refractivity contribution in [1.29, 1.82) is 0 Å². The number of carbonyl (C=O) groups is 1. The fourth-order valence-corrected chi connectivity index (χ4v) is 3.68. The van der Waals surface area contributed by atoms with E-state index in [-0.39, 0.29) is 12.0 Å². The van der Waals surface area contributed by atoms with Gasteiger partial charge < -0.3 is 9.64 Å². The topological polar surface area (TPSA) is 55.3 Å². The third-order valence-corrected chi connectivity index (χ3v) is 5.24. The molecule has 1 fully saturated rings. The number of para-hydroxylation sites is 1. The summed E-state index contributed by atoms with van der Waals surface area (Å²) in [5, 5.41) is 0.531. The maximum atomic E-state index is 12.5. The Balaban J connectivity index is 1.41. The number of halogens is 1. The van der Waals surface area contributed by atoms with E-state index in [2.05, 4.69) is 25.9 Å². The highest BCUT2D eigenvalue weighted by Gasteiger charge is 2.34. The van der Waals surface area contributed by atoms with E-state index in [0.29, 0.717) is 24.0 Å². The molecule has 3 aromatic rings. The summed E-state index contributed by atoms with van der Waals surface area (Å²) in [4.78, 5) is 22.8. The molecule has 0 bridgehead atoms. The van der Waals surface area contributed by atoms with Crippen molar-refractivity contribution in [3.8, 4) is 5.88 Å². The van der Waals surface area contributed by atoms with Crippen LogP contribution in [0.5, 0.6) is 5.88 Å². The average molecular weight is 390 g/mol. The van der Waals surface area contributed by atoms with E-state index < -0.39 is 0 Å². The van der Waals surface area contributed by atoms with Crippen LogP contribution in [0.3, 0.4) is 0 Å². The zero-order valence-corrected chi connectivity index (χ0v) is 14.4. The van der Waals surface area contributed by atoms with Crippen molar-refractivity contribution in [2.45, 2.75) is 6.10 Å². The molecule has 0 unspecified atom stereocenters. The summed E-state index contributed by atoms with van der Waals surface area (Å²) in [6.45, 7) is 1.11. The van der Waals surface area contributed by atoms with E-state index in [1.165, 1.54) is 11.3 Å². The molecule has 0 radical (unpaired) electrons. The lowest BCUT2D eigenvalue weighted by Crippen LogP contribution is -2.56. The van der Waals surface area contributed by atoms with Crippen LogP contribution in [0.2, 0.25) is 0 Å². The minimum atomic E-state index is -0.0360. The number of thiazole rings is 1. The van der Waals surface area contributed by atoms with Gasteiger partial charge in [0.2, 0.25) is 5.88 Å². The summed E-state index contributed by atoms with van der Waals surface area (Å²) in [6.07, 6.45) is 1.66. The Morgan fingerprint density at radius 3 is 2.87 bits per heavy atom. The van der Waals surface area contributed by atoms with Crippen molar-refractivity contribution in [2.24, 2.45) is 0 Å². The molecule has 1 aromatic carbocycles. The van der Waals surface area contributed by atoms with Gasteiger partial charge in [-0.05, 0) is 40.2 Å². The number of pyridine rings is 1. The third-order valence-electron chi connectivity index (χ3n) is 3.62. The number of carbonyl (C=O) groups excluding carboxylic acids is 1. The van der Waals surface area contributed by atoms with Gasteiger partial charge in [0.25, 0.3) is 5.91 Å². The van der Waals surface area contributed by atoms with Gasteiger partial charge in [-0.1, -0.05) is 12.1 Å². The standard InChI is InChI=1S/C16H12BrN3O2S/c17-11-4-3-7-18-14(11)22-10-8-20(9-10)16(21)15-19-12-5-1-2-6-13(12)23-15/h1-7,10H,8-9H2. The molecule has 3 heterocycles. The van der Waals surface area contributed by atoms with Crippen molar-refractivity contribution >= 4 is 43.4 Å². The highest BCUT2D eigenvalue weighted by Crippen LogP contribution is 2.27. The largest absolute Gasteiger partial charge is 0.470 e. The SMILES string of the molecule is O=C(c1nc2ccccc2s1)N1CC(Oc2ncccc2Br)C1. The van der Waals surface area contributed by atoms with E-state index >= 15 is 0 Å². The Morgan fingerprint density at radius 2 is 2.09 bits per heavy atom. The van der Waals surface area contributed by atoms with Gasteiger partial charge in [0, 0.05) is 6.20 Å². The second kappa shape index (κ2) is 5.90. The van der Waals surface area contributed by atoms with Gasteiger partial charge in [-0.15, -0.1) is 11.3 Å². The van der Waals surface area contributed by atoms with Crippen LogP contribution in [0.25, 0.3) is 10.2 Å². The number of fused-ring (bicyclic) bond motifs is 1. The smallest absolute Gasteiger partial charge is 0.283 e. The van der Waals surface area contributed by atoms with E-state index in [0.717, 1.165) is 14.7 Å². The van der Waals surface area contributed by atoms with E-state index in [1.807, 2.05) is 36.4 Å². The molecular weight excluding hydrogens is 378 g/mol. The van der Waals surface area contributed by atoms with Gasteiger partial charge in [-0.3, -0.25) is 4.79 Å². The molecule has 0 spiro atoms. The Morgan fingerprint density at radius 1 is 1.26 bits per heavy atom. The minimum Gasteiger partial charge on any atom is -0.470 e. The van der Waals surface area contributed by atoms with Crippen molar-refractivity contribution < 1.29 is 9.53 Å². The molecule has 0 saturated carbocycles. The first-order chi connectivity index (χ1) is 11.2. The summed E-state index contributed by atoms with van der Waals surface area (Å²) in [5.74, 6) is 0.524. The first-order valence-corrected chi connectivity index (χ1v) is 8.73. The third kappa shape index (κ3) is 2.82. The molecule has 1 aliphatic rings. The molecule has 1 amide bonds. The zero-order valence-electron chi connectivity index (χ0n) is 12.0. The molecule has 2 aromatic heterocycles. The monoisotopic (exact) mass is 389 g/mol. The molecule has 7 heteroatoms. The Kier molecular flexibility index (Phi) is 3.74. The van der Waals surface area contributed by atoms with Crippen LogP contribution in [0.4, 0.5) is 0 Å². The fourth-order valence-electron chi connectivity index (χ4n) is 2.39. The number of hydrogen-bond acceptors (Lipinski definition) is 5. The molecule has 5 nitrogen and oxygen atoms in total. The predicted molar refractivity (Wildman–Crippen MR) is 91.9 cm³/mol. The predicted octanol–water partition coefficient (Wildman–Crippen LogP) is 3.36. The lowest BCUT2D eigenvalue weighted by Gasteiger charge is -2.38. The molecular formula is C16H12BrN3O2S. The number of nitrogens with zero attached hydrogens (tertiary/aromatic N) is 3. The van der Waals surface area contributed by atoms with Gasteiger partial charge in [-0.25, -0.2) is 9.97 Å². The molecule has 0 aliphatic carbocycles. The lowest BCUT2D eigenvalue weighted by atomic mass is 10.1. The maximum Gasteiger partial charge on any atom is 0.283 e. The number of benzene rings is 1. The Hall–Kier alpha value is -1.99. The normalized spacial score (nSPS) is 14.7. The summed E-state index contributed by atoms with van der Waals surface area (Å²) in [6, 6.07) is 11.5. The van der Waals surface area contributed by atoms with Crippen molar-refractivity contribution in [3.05, 3.63) is 52.1 Å². The van der Waals surface area contributed by atoms with Crippen LogP contribution < -0.4 is 4.74 Å². The number of amides is 1. The molecule has 23 heavy (non-hydrogen) atoms. The second-order valence-electron chi connectivity index (χ2n) is 5.23. The van der Waals surface area contributed by atoms with Crippen molar-refractivity contribution in [2.75, 3.05) is 13.1 Å². The maximum absolute atomic E-state index is 12.5. The minimum absolute atomic E-state index is 0.0282. The van der Waals surface area contributed by atoms with Crippen LogP contribution >= 0.6 is 27.3 Å². The number of rotatable bonds is 3. The molecule has 116 valence electrons. The molecule has 0 N–H and O–H groups in total. The van der Waals surface area contributed by atoms with Gasteiger partial charge in [0.1, 0.15) is 6.10 Å². The van der Waals surface area contributed by atoms with Gasteiger partial charge in [-0.2, -0.15) is 0 Å². The average Bonchev–Trinajstić information content (AvgIpc) is 2.95. The summed E-state index contributed by atoms with van der Waals surface area (Å²) < 4.78 is 7.63.